The van der Waals surface area contributed by atoms with E-state index in [1.807, 2.05) is 0 Å². The maximum absolute atomic E-state index is 12.1. The Morgan fingerprint density at radius 3 is 2.65 bits per heavy atom. The molecule has 0 aliphatic carbocycles. The fraction of sp³-hybridized carbons (Fsp3) is 0.190. The SMILES string of the molecule is COc1ccc(/C=C/C(=O)N[C@H](C)C(=O)OCC(=O)Nc2cccc3nsnc23)cc1. The second-order valence-corrected chi connectivity index (χ2v) is 6.96. The summed E-state index contributed by atoms with van der Waals surface area (Å²) in [5.41, 5.74) is 2.51. The molecule has 10 heteroatoms. The number of hydrogen-bond donors (Lipinski definition) is 2. The number of nitrogens with one attached hydrogen (secondary N) is 2. The van der Waals surface area contributed by atoms with Crippen molar-refractivity contribution in [3.05, 3.63) is 54.1 Å². The summed E-state index contributed by atoms with van der Waals surface area (Å²) in [7, 11) is 1.57. The first kappa shape index (κ1) is 21.9. The molecule has 9 nitrogen and oxygen atoms in total. The van der Waals surface area contributed by atoms with E-state index in [4.69, 9.17) is 9.47 Å². The summed E-state index contributed by atoms with van der Waals surface area (Å²) in [5, 5.41) is 5.13. The van der Waals surface area contributed by atoms with Gasteiger partial charge >= 0.3 is 5.97 Å². The van der Waals surface area contributed by atoms with Crippen molar-refractivity contribution < 1.29 is 23.9 Å². The number of aromatic nitrogens is 2. The highest BCUT2D eigenvalue weighted by atomic mass is 32.1. The van der Waals surface area contributed by atoms with Gasteiger partial charge in [0.1, 0.15) is 22.8 Å². The van der Waals surface area contributed by atoms with Crippen LogP contribution in [0.15, 0.2) is 48.5 Å². The number of carbonyl (C=O) groups excluding carboxylic acids is 3. The largest absolute Gasteiger partial charge is 0.497 e. The van der Waals surface area contributed by atoms with Gasteiger partial charge < -0.3 is 20.1 Å². The van der Waals surface area contributed by atoms with E-state index in [1.165, 1.54) is 13.0 Å². The number of fused-ring (bicyclic) bond motifs is 1. The highest BCUT2D eigenvalue weighted by Gasteiger charge is 2.18. The molecule has 0 aliphatic heterocycles. The third-order valence-corrected chi connectivity index (χ3v) is 4.70. The zero-order chi connectivity index (χ0) is 22.2. The van der Waals surface area contributed by atoms with Crippen molar-refractivity contribution in [2.24, 2.45) is 0 Å². The van der Waals surface area contributed by atoms with Crippen LogP contribution in [0.5, 0.6) is 5.75 Å². The number of anilines is 1. The topological polar surface area (TPSA) is 120 Å². The summed E-state index contributed by atoms with van der Waals surface area (Å²) in [5.74, 6) is -1.00. The van der Waals surface area contributed by atoms with Crippen molar-refractivity contribution >= 4 is 52.3 Å². The molecular weight excluding hydrogens is 420 g/mol. The molecule has 1 aromatic heterocycles. The molecule has 0 spiro atoms. The highest BCUT2D eigenvalue weighted by molar-refractivity contribution is 7.00. The Labute approximate surface area is 182 Å². The number of esters is 1. The lowest BCUT2D eigenvalue weighted by Gasteiger charge is -2.12. The van der Waals surface area contributed by atoms with Gasteiger partial charge in [0.15, 0.2) is 6.61 Å². The molecule has 0 unspecified atom stereocenters. The fourth-order valence-corrected chi connectivity index (χ4v) is 3.11. The second-order valence-electron chi connectivity index (χ2n) is 6.43. The van der Waals surface area contributed by atoms with Crippen LogP contribution in [-0.2, 0) is 19.1 Å². The first-order valence-electron chi connectivity index (χ1n) is 9.26. The Morgan fingerprint density at radius 2 is 1.90 bits per heavy atom. The minimum atomic E-state index is -0.924. The lowest BCUT2D eigenvalue weighted by Crippen LogP contribution is -2.39. The van der Waals surface area contributed by atoms with Gasteiger partial charge in [0, 0.05) is 6.08 Å². The Kier molecular flexibility index (Phi) is 7.28. The van der Waals surface area contributed by atoms with Gasteiger partial charge in [-0.25, -0.2) is 4.79 Å². The molecule has 3 rings (SSSR count). The van der Waals surface area contributed by atoms with Crippen molar-refractivity contribution in [1.29, 1.82) is 0 Å². The summed E-state index contributed by atoms with van der Waals surface area (Å²) in [4.78, 5) is 36.2. The van der Waals surface area contributed by atoms with E-state index in [-0.39, 0.29) is 0 Å². The van der Waals surface area contributed by atoms with E-state index in [9.17, 15) is 14.4 Å². The second kappa shape index (κ2) is 10.3. The lowest BCUT2D eigenvalue weighted by atomic mass is 10.2. The normalized spacial score (nSPS) is 11.8. The van der Waals surface area contributed by atoms with Crippen LogP contribution < -0.4 is 15.4 Å². The van der Waals surface area contributed by atoms with Gasteiger partial charge in [0.2, 0.25) is 5.91 Å². The van der Waals surface area contributed by atoms with Crippen molar-refractivity contribution in [3.63, 3.8) is 0 Å². The molecule has 1 heterocycles. The van der Waals surface area contributed by atoms with Crippen LogP contribution in [0, 0.1) is 0 Å². The van der Waals surface area contributed by atoms with Gasteiger partial charge in [-0.2, -0.15) is 8.75 Å². The predicted molar refractivity (Wildman–Crippen MR) is 117 cm³/mol. The maximum atomic E-state index is 12.1. The molecule has 0 radical (unpaired) electrons. The number of benzene rings is 2. The van der Waals surface area contributed by atoms with E-state index < -0.39 is 30.4 Å². The van der Waals surface area contributed by atoms with Gasteiger partial charge in [-0.3, -0.25) is 9.59 Å². The van der Waals surface area contributed by atoms with E-state index in [0.717, 1.165) is 17.3 Å². The Balaban J connectivity index is 1.45. The molecule has 2 aromatic carbocycles. The molecule has 31 heavy (non-hydrogen) atoms. The van der Waals surface area contributed by atoms with Crippen molar-refractivity contribution in [3.8, 4) is 5.75 Å². The van der Waals surface area contributed by atoms with Gasteiger partial charge in [-0.05, 0) is 42.8 Å². The zero-order valence-electron chi connectivity index (χ0n) is 16.8. The molecule has 1 atom stereocenters. The van der Waals surface area contributed by atoms with Gasteiger partial charge in [0.05, 0.1) is 24.5 Å². The summed E-state index contributed by atoms with van der Waals surface area (Å²) >= 11 is 1.04. The number of rotatable bonds is 8. The number of methoxy groups -OCH3 is 1. The van der Waals surface area contributed by atoms with Crippen LogP contribution in [0.2, 0.25) is 0 Å². The van der Waals surface area contributed by atoms with E-state index in [1.54, 1.807) is 55.7 Å². The third-order valence-electron chi connectivity index (χ3n) is 4.16. The van der Waals surface area contributed by atoms with Crippen LogP contribution in [0.3, 0.4) is 0 Å². The molecule has 160 valence electrons. The van der Waals surface area contributed by atoms with E-state index in [0.29, 0.717) is 22.5 Å². The van der Waals surface area contributed by atoms with Crippen LogP contribution in [0.4, 0.5) is 5.69 Å². The maximum Gasteiger partial charge on any atom is 0.328 e. The minimum absolute atomic E-state index is 0.465. The number of nitrogens with zero attached hydrogens (tertiary/aromatic N) is 2. The molecule has 0 fully saturated rings. The molecule has 3 aromatic rings. The van der Waals surface area contributed by atoms with Crippen molar-refractivity contribution in [2.75, 3.05) is 19.0 Å². The summed E-state index contributed by atoms with van der Waals surface area (Å²) < 4.78 is 18.3. The first-order valence-corrected chi connectivity index (χ1v) is 9.99. The molecule has 0 aliphatic rings. The van der Waals surface area contributed by atoms with Crippen molar-refractivity contribution in [2.45, 2.75) is 13.0 Å². The zero-order valence-corrected chi connectivity index (χ0v) is 17.6. The summed E-state index contributed by atoms with van der Waals surface area (Å²) in [6.45, 7) is 0.982. The molecule has 0 saturated carbocycles. The lowest BCUT2D eigenvalue weighted by molar-refractivity contribution is -0.149. The first-order chi connectivity index (χ1) is 15.0. The van der Waals surface area contributed by atoms with Crippen LogP contribution >= 0.6 is 11.7 Å². The fourth-order valence-electron chi connectivity index (χ4n) is 2.56. The minimum Gasteiger partial charge on any atom is -0.497 e. The predicted octanol–water partition coefficient (Wildman–Crippen LogP) is 2.40. The summed E-state index contributed by atoms with van der Waals surface area (Å²) in [6.07, 6.45) is 2.91. The number of ether oxygens (including phenoxy) is 2. The highest BCUT2D eigenvalue weighted by Crippen LogP contribution is 2.20. The molecular formula is C21H20N4O5S. The number of amides is 2. The van der Waals surface area contributed by atoms with Gasteiger partial charge in [-0.15, -0.1) is 0 Å². The average Bonchev–Trinajstić information content (AvgIpc) is 3.26. The van der Waals surface area contributed by atoms with Crippen LogP contribution in [0.25, 0.3) is 17.1 Å². The van der Waals surface area contributed by atoms with Gasteiger partial charge in [-0.1, -0.05) is 18.2 Å². The quantitative estimate of drug-likeness (QED) is 0.408. The van der Waals surface area contributed by atoms with E-state index >= 15 is 0 Å². The Morgan fingerprint density at radius 1 is 1.13 bits per heavy atom. The monoisotopic (exact) mass is 440 g/mol. The molecule has 0 saturated heterocycles. The smallest absolute Gasteiger partial charge is 0.328 e. The Hall–Kier alpha value is -3.79. The third kappa shape index (κ3) is 6.09. The molecule has 2 N–H and O–H groups in total. The standard InChI is InChI=1S/C21H20N4O5S/c1-13(22-18(26)11-8-14-6-9-15(29-2)10-7-14)21(28)30-12-19(27)23-16-4-3-5-17-20(16)25-31-24-17/h3-11,13H,12H2,1-2H3,(H,22,26)(H,23,27)/b11-8+/t13-/m1/s1. The Bertz CT molecular complexity index is 1110. The molecule has 0 bridgehead atoms. The number of hydrogen-bond acceptors (Lipinski definition) is 8. The summed E-state index contributed by atoms with van der Waals surface area (Å²) in [6, 6.07) is 11.4. The van der Waals surface area contributed by atoms with E-state index in [2.05, 4.69) is 19.4 Å². The number of carbonyl (C=O) groups is 3. The average molecular weight is 440 g/mol. The van der Waals surface area contributed by atoms with Crippen LogP contribution in [0.1, 0.15) is 12.5 Å². The van der Waals surface area contributed by atoms with Crippen molar-refractivity contribution in [1.82, 2.24) is 14.1 Å². The molecule has 2 amide bonds. The van der Waals surface area contributed by atoms with Crippen LogP contribution in [-0.4, -0.2) is 46.3 Å². The van der Waals surface area contributed by atoms with Gasteiger partial charge in [0.25, 0.3) is 5.91 Å².